The van der Waals surface area contributed by atoms with Gasteiger partial charge in [-0.2, -0.15) is 5.10 Å². The summed E-state index contributed by atoms with van der Waals surface area (Å²) in [6.45, 7) is 7.55. The first kappa shape index (κ1) is 20.1. The second kappa shape index (κ2) is 7.91. The number of Topliss-reactive ketones (excluding diaryl/α,β-unsaturated/α-hetero) is 1. The number of nitrogens with one attached hydrogen (secondary N) is 2. The topological polar surface area (TPSA) is 65.3 Å². The second-order valence-corrected chi connectivity index (χ2v) is 10.4. The molecule has 0 bridgehead atoms. The van der Waals surface area contributed by atoms with E-state index in [0.29, 0.717) is 18.2 Å². The van der Waals surface area contributed by atoms with E-state index >= 15 is 0 Å². The molecule has 9 unspecified atom stereocenters. The Kier molecular flexibility index (Phi) is 5.68. The van der Waals surface area contributed by atoms with Gasteiger partial charge in [0.2, 0.25) is 0 Å². The zero-order valence-corrected chi connectivity index (χ0v) is 18.0. The molecular weight excluding hydrogens is 346 g/mol. The minimum Gasteiger partial charge on any atom is -0.307 e. The molecule has 4 fully saturated rings. The van der Waals surface area contributed by atoms with Crippen molar-refractivity contribution >= 4 is 18.2 Å². The summed E-state index contributed by atoms with van der Waals surface area (Å²) in [6, 6.07) is 0. The fraction of sp³-hybridized carbons (Fsp3) is 0.875. The predicted octanol–water partition coefficient (Wildman–Crippen LogP) is 4.93. The van der Waals surface area contributed by atoms with Crippen LogP contribution in [0.4, 0.5) is 0 Å². The summed E-state index contributed by atoms with van der Waals surface area (Å²) < 4.78 is 0. The summed E-state index contributed by atoms with van der Waals surface area (Å²) in [5.41, 5.74) is 3.09. The van der Waals surface area contributed by atoms with Crippen molar-refractivity contribution in [1.29, 1.82) is 5.41 Å². The van der Waals surface area contributed by atoms with Crippen LogP contribution in [0.3, 0.4) is 0 Å². The molecule has 0 spiro atoms. The van der Waals surface area contributed by atoms with E-state index in [4.69, 9.17) is 5.41 Å². The number of nitrogens with zero attached hydrogens (tertiary/aromatic N) is 1. The Hall–Kier alpha value is -1.19. The lowest BCUT2D eigenvalue weighted by Crippen LogP contribution is -2.50. The van der Waals surface area contributed by atoms with Gasteiger partial charge in [0.05, 0.1) is 12.8 Å². The van der Waals surface area contributed by atoms with Crippen LogP contribution < -0.4 is 5.43 Å². The van der Waals surface area contributed by atoms with Gasteiger partial charge in [0.1, 0.15) is 0 Å². The van der Waals surface area contributed by atoms with Gasteiger partial charge in [0.15, 0.2) is 5.78 Å². The second-order valence-electron chi connectivity index (χ2n) is 10.4. The molecule has 0 radical (unpaired) electrons. The first-order valence-corrected chi connectivity index (χ1v) is 11.8. The fourth-order valence-corrected chi connectivity index (χ4v) is 8.42. The van der Waals surface area contributed by atoms with Crippen molar-refractivity contribution in [1.82, 2.24) is 5.43 Å². The Labute approximate surface area is 170 Å². The lowest BCUT2D eigenvalue weighted by Gasteiger charge is -2.56. The van der Waals surface area contributed by atoms with E-state index in [-0.39, 0.29) is 11.3 Å². The van der Waals surface area contributed by atoms with Crippen molar-refractivity contribution in [3.63, 3.8) is 0 Å². The van der Waals surface area contributed by atoms with Crippen molar-refractivity contribution in [3.05, 3.63) is 0 Å². The number of carbonyl (C=O) groups is 1. The quantitative estimate of drug-likeness (QED) is 0.459. The molecule has 0 amide bonds. The molecular formula is C24H39N3O. The van der Waals surface area contributed by atoms with Crippen LogP contribution in [-0.2, 0) is 4.79 Å². The van der Waals surface area contributed by atoms with Gasteiger partial charge in [-0.15, -0.1) is 0 Å². The van der Waals surface area contributed by atoms with Crippen molar-refractivity contribution < 1.29 is 4.79 Å². The number of hydrazone groups is 1. The molecule has 4 saturated carbocycles. The molecule has 0 aromatic carbocycles. The van der Waals surface area contributed by atoms with Gasteiger partial charge in [-0.3, -0.25) is 4.79 Å². The molecule has 0 heterocycles. The maximum atomic E-state index is 13.1. The molecule has 4 rings (SSSR count). The lowest BCUT2D eigenvalue weighted by molar-refractivity contribution is -0.131. The summed E-state index contributed by atoms with van der Waals surface area (Å²) in [5.74, 6) is 6.51. The number of ketones is 1. The largest absolute Gasteiger partial charge is 0.307 e. The number of rotatable bonds is 8. The highest BCUT2D eigenvalue weighted by Crippen LogP contribution is 2.74. The van der Waals surface area contributed by atoms with Gasteiger partial charge in [-0.25, -0.2) is 0 Å². The van der Waals surface area contributed by atoms with Gasteiger partial charge in [0.25, 0.3) is 0 Å². The molecule has 9 atom stereocenters. The maximum absolute atomic E-state index is 13.1. The van der Waals surface area contributed by atoms with Crippen LogP contribution in [0.5, 0.6) is 0 Å². The Bertz CT molecular complexity index is 631. The first-order valence-electron chi connectivity index (χ1n) is 11.8. The molecule has 4 nitrogen and oxygen atoms in total. The first-order chi connectivity index (χ1) is 13.6. The molecule has 4 aliphatic rings. The van der Waals surface area contributed by atoms with Gasteiger partial charge < -0.3 is 10.8 Å². The Morgan fingerprint density at radius 3 is 2.71 bits per heavy atom. The predicted molar refractivity (Wildman–Crippen MR) is 115 cm³/mol. The van der Waals surface area contributed by atoms with Crippen LogP contribution in [0.1, 0.15) is 72.1 Å². The van der Waals surface area contributed by atoms with Crippen molar-refractivity contribution in [2.24, 2.45) is 57.9 Å². The Morgan fingerprint density at radius 1 is 1.18 bits per heavy atom. The summed E-state index contributed by atoms with van der Waals surface area (Å²) in [5, 5.41) is 10.9. The van der Waals surface area contributed by atoms with Crippen LogP contribution in [0, 0.1) is 58.2 Å². The molecule has 2 N–H and O–H groups in total. The smallest absolute Gasteiger partial charge is 0.157 e. The SMILES string of the molecule is CCCC1C(CC)CCC2C1CCC1(C)C(C(=O)CN/N=C\C=N)C3CC3C21. The number of carbonyl (C=O) groups excluding carboxylic acids is 1. The molecule has 0 aliphatic heterocycles. The van der Waals surface area contributed by atoms with Crippen molar-refractivity contribution in [2.45, 2.75) is 72.1 Å². The third kappa shape index (κ3) is 3.15. The normalized spacial score (nSPS) is 46.5. The number of hydrogen-bond acceptors (Lipinski definition) is 4. The van der Waals surface area contributed by atoms with Gasteiger partial charge >= 0.3 is 0 Å². The highest BCUT2D eigenvalue weighted by Gasteiger charge is 2.70. The Balaban J connectivity index is 1.52. The highest BCUT2D eigenvalue weighted by molar-refractivity contribution is 6.14. The average molecular weight is 386 g/mol. The van der Waals surface area contributed by atoms with Crippen LogP contribution in [-0.4, -0.2) is 24.8 Å². The Morgan fingerprint density at radius 2 is 2.00 bits per heavy atom. The third-order valence-electron chi connectivity index (χ3n) is 9.29. The van der Waals surface area contributed by atoms with E-state index in [1.54, 1.807) is 0 Å². The molecule has 0 saturated heterocycles. The minimum absolute atomic E-state index is 0.217. The molecule has 4 aliphatic carbocycles. The molecule has 156 valence electrons. The number of hydrogen-bond donors (Lipinski definition) is 2. The zero-order valence-electron chi connectivity index (χ0n) is 18.0. The van der Waals surface area contributed by atoms with E-state index in [2.05, 4.69) is 31.3 Å². The summed E-state index contributed by atoms with van der Waals surface area (Å²) in [4.78, 5) is 13.1. The molecule has 4 heteroatoms. The van der Waals surface area contributed by atoms with E-state index < -0.39 is 0 Å². The van der Waals surface area contributed by atoms with Crippen molar-refractivity contribution in [3.8, 4) is 0 Å². The van der Waals surface area contributed by atoms with Crippen LogP contribution in [0.15, 0.2) is 5.10 Å². The monoisotopic (exact) mass is 385 g/mol. The minimum atomic E-state index is 0.217. The van der Waals surface area contributed by atoms with Crippen LogP contribution in [0.2, 0.25) is 0 Å². The standard InChI is InChI=1S/C24H39N3O/c1-4-6-16-15(5-2)7-8-18-17(16)9-10-24(3)22(18)19-13-20(19)23(24)21(28)14-27-26-12-11-25/h11-12,15-20,22-23,25,27H,4-10,13-14H2,1-3H3/b25-11?,26-12-. The van der Waals surface area contributed by atoms with E-state index in [1.165, 1.54) is 57.6 Å². The zero-order chi connectivity index (χ0) is 19.9. The third-order valence-corrected chi connectivity index (χ3v) is 9.29. The van der Waals surface area contributed by atoms with Crippen LogP contribution >= 0.6 is 0 Å². The maximum Gasteiger partial charge on any atom is 0.157 e. The van der Waals surface area contributed by atoms with E-state index in [1.807, 2.05) is 0 Å². The average Bonchev–Trinajstić information content (AvgIpc) is 3.39. The van der Waals surface area contributed by atoms with E-state index in [0.717, 1.165) is 41.7 Å². The molecule has 0 aromatic heterocycles. The van der Waals surface area contributed by atoms with Gasteiger partial charge in [-0.1, -0.05) is 40.0 Å². The van der Waals surface area contributed by atoms with Crippen molar-refractivity contribution in [2.75, 3.05) is 6.54 Å². The highest BCUT2D eigenvalue weighted by atomic mass is 16.1. The fourth-order valence-electron chi connectivity index (χ4n) is 8.42. The van der Waals surface area contributed by atoms with Gasteiger partial charge in [-0.05, 0) is 78.9 Å². The lowest BCUT2D eigenvalue weighted by atomic mass is 9.49. The molecule has 28 heavy (non-hydrogen) atoms. The number of fused-ring (bicyclic) bond motifs is 5. The molecule has 0 aromatic rings. The van der Waals surface area contributed by atoms with Gasteiger partial charge in [0, 0.05) is 12.1 Å². The van der Waals surface area contributed by atoms with E-state index in [9.17, 15) is 4.79 Å². The summed E-state index contributed by atoms with van der Waals surface area (Å²) >= 11 is 0. The summed E-state index contributed by atoms with van der Waals surface area (Å²) in [6.07, 6.45) is 13.4. The van der Waals surface area contributed by atoms with Crippen LogP contribution in [0.25, 0.3) is 0 Å². The summed E-state index contributed by atoms with van der Waals surface area (Å²) in [7, 11) is 0.